The fraction of sp³-hybridized carbons (Fsp3) is 0.176. The van der Waals surface area contributed by atoms with Gasteiger partial charge in [0.05, 0.1) is 5.02 Å². The highest BCUT2D eigenvalue weighted by Crippen LogP contribution is 2.28. The van der Waals surface area contributed by atoms with Gasteiger partial charge in [-0.3, -0.25) is 9.59 Å². The average molecular weight is 352 g/mol. The number of Topliss-reactive ketones (excluding diaryl/α,β-unsaturated/α-hetero) is 1. The number of ether oxygens (including phenoxy) is 1. The van der Waals surface area contributed by atoms with Gasteiger partial charge in [0.25, 0.3) is 5.91 Å². The maximum atomic E-state index is 12.1. The molecule has 0 saturated heterocycles. The van der Waals surface area contributed by atoms with Gasteiger partial charge in [-0.1, -0.05) is 23.2 Å². The van der Waals surface area contributed by atoms with Crippen LogP contribution in [-0.2, 0) is 4.79 Å². The first-order chi connectivity index (χ1) is 10.9. The zero-order chi connectivity index (χ0) is 17.0. The van der Waals surface area contributed by atoms with Crippen molar-refractivity contribution in [3.8, 4) is 5.75 Å². The molecule has 0 saturated carbocycles. The number of anilines is 1. The minimum atomic E-state index is -0.749. The molecule has 23 heavy (non-hydrogen) atoms. The first-order valence-corrected chi connectivity index (χ1v) is 7.66. The smallest absolute Gasteiger partial charge is 0.265 e. The summed E-state index contributed by atoms with van der Waals surface area (Å²) >= 11 is 11.8. The van der Waals surface area contributed by atoms with Gasteiger partial charge in [-0.25, -0.2) is 0 Å². The van der Waals surface area contributed by atoms with E-state index in [1.165, 1.54) is 6.92 Å². The summed E-state index contributed by atoms with van der Waals surface area (Å²) in [7, 11) is 0. The molecule has 0 bridgehead atoms. The van der Waals surface area contributed by atoms with E-state index in [2.05, 4.69) is 5.32 Å². The number of nitrogens with one attached hydrogen (secondary N) is 1. The van der Waals surface area contributed by atoms with E-state index < -0.39 is 6.10 Å². The van der Waals surface area contributed by atoms with Gasteiger partial charge < -0.3 is 10.1 Å². The van der Waals surface area contributed by atoms with Crippen molar-refractivity contribution < 1.29 is 14.3 Å². The summed E-state index contributed by atoms with van der Waals surface area (Å²) in [5.41, 5.74) is 1.16. The Kier molecular flexibility index (Phi) is 5.64. The van der Waals surface area contributed by atoms with Crippen molar-refractivity contribution in [3.05, 3.63) is 58.1 Å². The van der Waals surface area contributed by atoms with E-state index in [4.69, 9.17) is 27.9 Å². The number of ketones is 1. The largest absolute Gasteiger partial charge is 0.479 e. The van der Waals surface area contributed by atoms with E-state index in [-0.39, 0.29) is 11.7 Å². The maximum absolute atomic E-state index is 12.1. The highest BCUT2D eigenvalue weighted by molar-refractivity contribution is 6.35. The lowest BCUT2D eigenvalue weighted by Gasteiger charge is -2.16. The van der Waals surface area contributed by atoms with Crippen molar-refractivity contribution in [1.82, 2.24) is 0 Å². The Balaban J connectivity index is 2.00. The van der Waals surface area contributed by atoms with Crippen LogP contribution in [0.1, 0.15) is 24.2 Å². The van der Waals surface area contributed by atoms with Crippen LogP contribution < -0.4 is 10.1 Å². The number of carbonyl (C=O) groups is 2. The number of benzene rings is 2. The minimum Gasteiger partial charge on any atom is -0.479 e. The molecular weight excluding hydrogens is 337 g/mol. The maximum Gasteiger partial charge on any atom is 0.265 e. The van der Waals surface area contributed by atoms with Gasteiger partial charge in [0.1, 0.15) is 5.75 Å². The van der Waals surface area contributed by atoms with E-state index in [0.29, 0.717) is 27.0 Å². The molecule has 1 amide bonds. The summed E-state index contributed by atoms with van der Waals surface area (Å²) < 4.78 is 5.54. The van der Waals surface area contributed by atoms with E-state index in [1.807, 2.05) is 0 Å². The molecule has 0 radical (unpaired) electrons. The average Bonchev–Trinajstić information content (AvgIpc) is 2.50. The fourth-order valence-corrected chi connectivity index (χ4v) is 2.30. The molecule has 2 aromatic carbocycles. The van der Waals surface area contributed by atoms with Gasteiger partial charge in [-0.05, 0) is 56.3 Å². The monoisotopic (exact) mass is 351 g/mol. The van der Waals surface area contributed by atoms with Crippen LogP contribution in [-0.4, -0.2) is 17.8 Å². The normalized spacial score (nSPS) is 11.7. The lowest BCUT2D eigenvalue weighted by molar-refractivity contribution is -0.122. The van der Waals surface area contributed by atoms with Gasteiger partial charge >= 0.3 is 0 Å². The lowest BCUT2D eigenvalue weighted by Crippen LogP contribution is -2.30. The summed E-state index contributed by atoms with van der Waals surface area (Å²) in [4.78, 5) is 23.4. The molecule has 0 aliphatic rings. The molecule has 4 nitrogen and oxygen atoms in total. The number of amides is 1. The number of hydrogen-bond acceptors (Lipinski definition) is 3. The molecule has 1 N–H and O–H groups in total. The minimum absolute atomic E-state index is 0.0306. The molecule has 0 unspecified atom stereocenters. The third-order valence-corrected chi connectivity index (χ3v) is 3.66. The lowest BCUT2D eigenvalue weighted by atomic mass is 10.1. The van der Waals surface area contributed by atoms with Crippen LogP contribution in [0.15, 0.2) is 42.5 Å². The number of carbonyl (C=O) groups excluding carboxylic acids is 2. The zero-order valence-corrected chi connectivity index (χ0v) is 14.1. The van der Waals surface area contributed by atoms with Crippen LogP contribution in [0.4, 0.5) is 5.69 Å². The van der Waals surface area contributed by atoms with Gasteiger partial charge in [0, 0.05) is 16.3 Å². The fourth-order valence-electron chi connectivity index (χ4n) is 1.85. The first-order valence-electron chi connectivity index (χ1n) is 6.90. The second kappa shape index (κ2) is 7.49. The molecule has 0 fully saturated rings. The summed E-state index contributed by atoms with van der Waals surface area (Å²) in [5.74, 6) is 0.0224. The number of halogens is 2. The van der Waals surface area contributed by atoms with Crippen LogP contribution >= 0.6 is 23.2 Å². The molecule has 2 rings (SSSR count). The molecule has 0 aromatic heterocycles. The molecule has 0 aliphatic heterocycles. The highest BCUT2D eigenvalue weighted by atomic mass is 35.5. The van der Waals surface area contributed by atoms with Crippen molar-refractivity contribution in [3.63, 3.8) is 0 Å². The van der Waals surface area contributed by atoms with Crippen molar-refractivity contribution in [1.29, 1.82) is 0 Å². The molecule has 0 heterocycles. The topological polar surface area (TPSA) is 55.4 Å². The van der Waals surface area contributed by atoms with E-state index in [1.54, 1.807) is 49.4 Å². The molecule has 0 spiro atoms. The Hall–Kier alpha value is -2.04. The molecule has 2 aromatic rings. The highest BCUT2D eigenvalue weighted by Gasteiger charge is 2.16. The van der Waals surface area contributed by atoms with Gasteiger partial charge in [0.15, 0.2) is 11.9 Å². The van der Waals surface area contributed by atoms with Crippen LogP contribution in [0.5, 0.6) is 5.75 Å². The van der Waals surface area contributed by atoms with Crippen molar-refractivity contribution in [2.45, 2.75) is 20.0 Å². The molecule has 6 heteroatoms. The predicted octanol–water partition coefficient (Wildman–Crippen LogP) is 4.60. The van der Waals surface area contributed by atoms with Crippen LogP contribution in [0, 0.1) is 0 Å². The van der Waals surface area contributed by atoms with Gasteiger partial charge in [-0.2, -0.15) is 0 Å². The number of rotatable bonds is 5. The van der Waals surface area contributed by atoms with E-state index in [0.717, 1.165) is 0 Å². The second-order valence-electron chi connectivity index (χ2n) is 4.96. The Bertz CT molecular complexity index is 729. The quantitative estimate of drug-likeness (QED) is 0.800. The zero-order valence-electron chi connectivity index (χ0n) is 12.6. The van der Waals surface area contributed by atoms with Crippen LogP contribution in [0.3, 0.4) is 0 Å². The number of hydrogen-bond donors (Lipinski definition) is 1. The van der Waals surface area contributed by atoms with E-state index in [9.17, 15) is 9.59 Å². The summed E-state index contributed by atoms with van der Waals surface area (Å²) in [6.45, 7) is 3.10. The first kappa shape index (κ1) is 17.3. The van der Waals surface area contributed by atoms with Gasteiger partial charge in [-0.15, -0.1) is 0 Å². The summed E-state index contributed by atoms with van der Waals surface area (Å²) in [6, 6.07) is 11.4. The Labute approximate surface area is 144 Å². The SMILES string of the molecule is CC(=O)c1ccc(NC(=O)[C@H](C)Oc2ccc(Cl)cc2Cl)cc1. The standard InChI is InChI=1S/C17H15Cl2NO3/c1-10(21)12-3-6-14(7-4-12)20-17(22)11(2)23-16-8-5-13(18)9-15(16)19/h3-9,11H,1-2H3,(H,20,22)/t11-/m0/s1. The second-order valence-corrected chi connectivity index (χ2v) is 5.80. The summed E-state index contributed by atoms with van der Waals surface area (Å²) in [5, 5.41) is 3.54. The third kappa shape index (κ3) is 4.71. The molecular formula is C17H15Cl2NO3. The van der Waals surface area contributed by atoms with Crippen LogP contribution in [0.25, 0.3) is 0 Å². The molecule has 1 atom stereocenters. The Morgan fingerprint density at radius 3 is 2.30 bits per heavy atom. The summed E-state index contributed by atoms with van der Waals surface area (Å²) in [6.07, 6.45) is -0.749. The molecule has 0 aliphatic carbocycles. The third-order valence-electron chi connectivity index (χ3n) is 3.13. The van der Waals surface area contributed by atoms with Gasteiger partial charge in [0.2, 0.25) is 0 Å². The predicted molar refractivity (Wildman–Crippen MR) is 91.6 cm³/mol. The van der Waals surface area contributed by atoms with Crippen molar-refractivity contribution in [2.75, 3.05) is 5.32 Å². The Morgan fingerprint density at radius 2 is 1.74 bits per heavy atom. The Morgan fingerprint density at radius 1 is 1.09 bits per heavy atom. The van der Waals surface area contributed by atoms with Crippen molar-refractivity contribution in [2.24, 2.45) is 0 Å². The molecule has 120 valence electrons. The van der Waals surface area contributed by atoms with Crippen molar-refractivity contribution >= 4 is 40.6 Å². The van der Waals surface area contributed by atoms with Crippen LogP contribution in [0.2, 0.25) is 10.0 Å². The van der Waals surface area contributed by atoms with E-state index >= 15 is 0 Å².